The minimum Gasteiger partial charge on any atom is -0.489 e. The molecule has 4 heteroatoms. The second-order valence-corrected chi connectivity index (χ2v) is 4.52. The molecule has 0 amide bonds. The van der Waals surface area contributed by atoms with Gasteiger partial charge in [-0.15, -0.1) is 0 Å². The molecule has 1 N–H and O–H groups in total. The van der Waals surface area contributed by atoms with Crippen molar-refractivity contribution in [2.45, 2.75) is 6.92 Å². The van der Waals surface area contributed by atoms with Gasteiger partial charge in [0, 0.05) is 16.1 Å². The van der Waals surface area contributed by atoms with Gasteiger partial charge in [-0.2, -0.15) is 0 Å². The molecule has 0 bridgehead atoms. The van der Waals surface area contributed by atoms with Crippen LogP contribution < -0.4 is 4.74 Å². The number of carboxylic acid groups (broad SMARTS) is 1. The number of hydrogen-bond donors (Lipinski definition) is 1. The lowest BCUT2D eigenvalue weighted by Gasteiger charge is -2.09. The Labute approximate surface area is 109 Å². The smallest absolute Gasteiger partial charge is 0.328 e. The van der Waals surface area contributed by atoms with Crippen LogP contribution in [0.3, 0.4) is 0 Å². The number of carboxylic acids is 1. The summed E-state index contributed by atoms with van der Waals surface area (Å²) in [6, 6.07) is 5.42. The van der Waals surface area contributed by atoms with Gasteiger partial charge in [-0.25, -0.2) is 4.79 Å². The Bertz CT molecular complexity index is 464. The lowest BCUT2D eigenvalue weighted by molar-refractivity contribution is -0.131. The lowest BCUT2D eigenvalue weighted by atomic mass is 10.2. The molecule has 0 aliphatic heterocycles. The number of halogens is 1. The summed E-state index contributed by atoms with van der Waals surface area (Å²) < 4.78 is 6.39. The Morgan fingerprint density at radius 3 is 2.88 bits per heavy atom. The van der Waals surface area contributed by atoms with Crippen LogP contribution in [0.25, 0.3) is 6.08 Å². The Morgan fingerprint density at radius 2 is 2.29 bits per heavy atom. The zero-order valence-corrected chi connectivity index (χ0v) is 11.0. The zero-order chi connectivity index (χ0) is 12.8. The molecule has 1 aromatic rings. The van der Waals surface area contributed by atoms with Crippen molar-refractivity contribution in [2.75, 3.05) is 6.61 Å². The van der Waals surface area contributed by atoms with Crippen LogP contribution in [0, 0.1) is 0 Å². The number of carbonyl (C=O) groups is 1. The summed E-state index contributed by atoms with van der Waals surface area (Å²) in [5.41, 5.74) is 1.61. The molecule has 0 aromatic heterocycles. The second kappa shape index (κ2) is 6.25. The fourth-order valence-electron chi connectivity index (χ4n) is 1.14. The van der Waals surface area contributed by atoms with E-state index in [0.29, 0.717) is 17.9 Å². The van der Waals surface area contributed by atoms with E-state index >= 15 is 0 Å². The SMILES string of the molecule is C=C(C)COc1ccc(Br)cc1/C=C/C(=O)O. The molecule has 0 fully saturated rings. The predicted octanol–water partition coefficient (Wildman–Crippen LogP) is 3.50. The minimum atomic E-state index is -0.990. The molecule has 3 nitrogen and oxygen atoms in total. The monoisotopic (exact) mass is 296 g/mol. The largest absolute Gasteiger partial charge is 0.489 e. The summed E-state index contributed by atoms with van der Waals surface area (Å²) in [6.45, 7) is 6.02. The molecule has 0 atom stereocenters. The number of rotatable bonds is 5. The molecule has 1 rings (SSSR count). The maximum atomic E-state index is 10.5. The van der Waals surface area contributed by atoms with Gasteiger partial charge in [-0.3, -0.25) is 0 Å². The highest BCUT2D eigenvalue weighted by Gasteiger charge is 2.02. The molecule has 0 saturated carbocycles. The maximum absolute atomic E-state index is 10.5. The van der Waals surface area contributed by atoms with E-state index in [1.165, 1.54) is 6.08 Å². The predicted molar refractivity (Wildman–Crippen MR) is 71.1 cm³/mol. The van der Waals surface area contributed by atoms with Crippen molar-refractivity contribution < 1.29 is 14.6 Å². The number of benzene rings is 1. The van der Waals surface area contributed by atoms with E-state index in [0.717, 1.165) is 16.1 Å². The van der Waals surface area contributed by atoms with Gasteiger partial charge in [0.05, 0.1) is 0 Å². The van der Waals surface area contributed by atoms with Crippen LogP contribution >= 0.6 is 15.9 Å². The lowest BCUT2D eigenvalue weighted by Crippen LogP contribution is -1.99. The highest BCUT2D eigenvalue weighted by molar-refractivity contribution is 9.10. The average Bonchev–Trinajstić information content (AvgIpc) is 2.24. The van der Waals surface area contributed by atoms with Crippen LogP contribution in [-0.4, -0.2) is 17.7 Å². The van der Waals surface area contributed by atoms with Crippen LogP contribution in [0.2, 0.25) is 0 Å². The first-order valence-corrected chi connectivity index (χ1v) is 5.76. The van der Waals surface area contributed by atoms with Crippen molar-refractivity contribution in [1.29, 1.82) is 0 Å². The Kier molecular flexibility index (Phi) is 4.97. The quantitative estimate of drug-likeness (QED) is 0.668. The summed E-state index contributed by atoms with van der Waals surface area (Å²) in [6.07, 6.45) is 2.58. The highest BCUT2D eigenvalue weighted by Crippen LogP contribution is 2.24. The third-order valence-corrected chi connectivity index (χ3v) is 2.34. The van der Waals surface area contributed by atoms with Crippen molar-refractivity contribution in [3.05, 3.63) is 46.5 Å². The van der Waals surface area contributed by atoms with Gasteiger partial charge in [-0.05, 0) is 36.8 Å². The van der Waals surface area contributed by atoms with Crippen LogP contribution in [0.15, 0.2) is 40.9 Å². The Hall–Kier alpha value is -1.55. The first kappa shape index (κ1) is 13.5. The maximum Gasteiger partial charge on any atom is 0.328 e. The van der Waals surface area contributed by atoms with Gasteiger partial charge in [-0.1, -0.05) is 22.5 Å². The van der Waals surface area contributed by atoms with Gasteiger partial charge in [0.1, 0.15) is 12.4 Å². The molecule has 17 heavy (non-hydrogen) atoms. The average molecular weight is 297 g/mol. The standard InChI is InChI=1S/C13H13BrO3/c1-9(2)8-17-12-5-4-11(14)7-10(12)3-6-13(15)16/h3-7H,1,8H2,2H3,(H,15,16)/b6-3+. The van der Waals surface area contributed by atoms with Crippen LogP contribution in [0.4, 0.5) is 0 Å². The van der Waals surface area contributed by atoms with Crippen molar-refractivity contribution >= 4 is 28.0 Å². The van der Waals surface area contributed by atoms with Gasteiger partial charge < -0.3 is 9.84 Å². The fourth-order valence-corrected chi connectivity index (χ4v) is 1.52. The summed E-state index contributed by atoms with van der Waals surface area (Å²) in [5.74, 6) is -0.357. The summed E-state index contributed by atoms with van der Waals surface area (Å²) in [7, 11) is 0. The topological polar surface area (TPSA) is 46.5 Å². The summed E-state index contributed by atoms with van der Waals surface area (Å²) in [4.78, 5) is 10.5. The van der Waals surface area contributed by atoms with Crippen molar-refractivity contribution in [3.63, 3.8) is 0 Å². The molecular formula is C13H13BrO3. The van der Waals surface area contributed by atoms with E-state index in [-0.39, 0.29) is 0 Å². The molecule has 0 aliphatic rings. The van der Waals surface area contributed by atoms with Crippen LogP contribution in [-0.2, 0) is 4.79 Å². The molecule has 0 saturated heterocycles. The van der Waals surface area contributed by atoms with E-state index in [4.69, 9.17) is 9.84 Å². The van der Waals surface area contributed by atoms with E-state index in [1.54, 1.807) is 12.1 Å². The third-order valence-electron chi connectivity index (χ3n) is 1.85. The minimum absolute atomic E-state index is 0.412. The fraction of sp³-hybridized carbons (Fsp3) is 0.154. The molecule has 90 valence electrons. The van der Waals surface area contributed by atoms with Crippen molar-refractivity contribution in [3.8, 4) is 5.75 Å². The van der Waals surface area contributed by atoms with Crippen LogP contribution in [0.5, 0.6) is 5.75 Å². The molecular weight excluding hydrogens is 284 g/mol. The van der Waals surface area contributed by atoms with E-state index < -0.39 is 5.97 Å². The first-order chi connectivity index (χ1) is 7.99. The molecule has 0 unspecified atom stereocenters. The van der Waals surface area contributed by atoms with Gasteiger partial charge in [0.2, 0.25) is 0 Å². The molecule has 0 heterocycles. The van der Waals surface area contributed by atoms with Gasteiger partial charge in [0.15, 0.2) is 0 Å². The number of aliphatic carboxylic acids is 1. The van der Waals surface area contributed by atoms with E-state index in [9.17, 15) is 4.79 Å². The van der Waals surface area contributed by atoms with E-state index in [1.807, 2.05) is 13.0 Å². The van der Waals surface area contributed by atoms with Gasteiger partial charge >= 0.3 is 5.97 Å². The molecule has 0 spiro atoms. The zero-order valence-electron chi connectivity index (χ0n) is 9.44. The molecule has 1 aromatic carbocycles. The van der Waals surface area contributed by atoms with Crippen molar-refractivity contribution in [2.24, 2.45) is 0 Å². The Balaban J connectivity index is 2.95. The van der Waals surface area contributed by atoms with Crippen molar-refractivity contribution in [1.82, 2.24) is 0 Å². The highest BCUT2D eigenvalue weighted by atomic mass is 79.9. The van der Waals surface area contributed by atoms with Gasteiger partial charge in [0.25, 0.3) is 0 Å². The molecule has 0 radical (unpaired) electrons. The van der Waals surface area contributed by atoms with E-state index in [2.05, 4.69) is 22.5 Å². The number of ether oxygens (including phenoxy) is 1. The summed E-state index contributed by atoms with van der Waals surface area (Å²) in [5, 5.41) is 8.60. The number of hydrogen-bond acceptors (Lipinski definition) is 2. The van der Waals surface area contributed by atoms with Crippen LogP contribution in [0.1, 0.15) is 12.5 Å². The first-order valence-electron chi connectivity index (χ1n) is 4.97. The normalized spacial score (nSPS) is 10.5. The molecule has 0 aliphatic carbocycles. The second-order valence-electron chi connectivity index (χ2n) is 3.60. The summed E-state index contributed by atoms with van der Waals surface area (Å²) >= 11 is 3.33. The Morgan fingerprint density at radius 1 is 1.59 bits per heavy atom. The third kappa shape index (κ3) is 4.87.